The number of halogens is 1. The van der Waals surface area contributed by atoms with Crippen LogP contribution in [0.5, 0.6) is 0 Å². The largest absolute Gasteiger partial charge is 0.395 e. The topological polar surface area (TPSA) is 72.2 Å². The van der Waals surface area contributed by atoms with Crippen LogP contribution < -0.4 is 10.5 Å². The molecule has 0 heterocycles. The minimum Gasteiger partial charge on any atom is -0.395 e. The molecule has 4 nitrogen and oxygen atoms in total. The summed E-state index contributed by atoms with van der Waals surface area (Å²) in [5, 5.41) is 0. The van der Waals surface area contributed by atoms with Crippen LogP contribution in [0.4, 0.5) is 10.1 Å². The third kappa shape index (κ3) is 3.20. The molecule has 0 spiro atoms. The van der Waals surface area contributed by atoms with Crippen molar-refractivity contribution < 1.29 is 12.8 Å². The molecule has 0 fully saturated rings. The maximum absolute atomic E-state index is 13.3. The molecular formula is C12H19FN2O2S. The first-order chi connectivity index (χ1) is 8.29. The molecule has 6 heteroatoms. The summed E-state index contributed by atoms with van der Waals surface area (Å²) < 4.78 is 40.1. The lowest BCUT2D eigenvalue weighted by Crippen LogP contribution is -2.38. The highest BCUT2D eigenvalue weighted by atomic mass is 32.2. The number of anilines is 1. The second-order valence-corrected chi connectivity index (χ2v) is 6.21. The van der Waals surface area contributed by atoms with Gasteiger partial charge in [-0.2, -0.15) is 0 Å². The molecule has 0 aliphatic carbocycles. The molecule has 1 rings (SSSR count). The van der Waals surface area contributed by atoms with Gasteiger partial charge in [0.1, 0.15) is 10.7 Å². The Balaban J connectivity index is 3.11. The molecule has 3 N–H and O–H groups in total. The lowest BCUT2D eigenvalue weighted by atomic mass is 10.0. The summed E-state index contributed by atoms with van der Waals surface area (Å²) in [5.74, 6) is -0.574. The van der Waals surface area contributed by atoms with E-state index >= 15 is 0 Å². The molecule has 0 radical (unpaired) electrons. The molecule has 0 aliphatic rings. The molecule has 0 bridgehead atoms. The molecule has 0 saturated heterocycles. The molecule has 0 amide bonds. The van der Waals surface area contributed by atoms with Gasteiger partial charge >= 0.3 is 0 Å². The van der Waals surface area contributed by atoms with E-state index in [-0.39, 0.29) is 22.5 Å². The average molecular weight is 274 g/mol. The summed E-state index contributed by atoms with van der Waals surface area (Å²) >= 11 is 0. The minimum absolute atomic E-state index is 0.152. The highest BCUT2D eigenvalue weighted by molar-refractivity contribution is 7.89. The number of nitrogens with one attached hydrogen (secondary N) is 1. The van der Waals surface area contributed by atoms with Crippen molar-refractivity contribution in [1.82, 2.24) is 4.72 Å². The molecule has 1 aromatic rings. The van der Waals surface area contributed by atoms with E-state index in [9.17, 15) is 12.8 Å². The first kappa shape index (κ1) is 14.9. The van der Waals surface area contributed by atoms with E-state index in [1.54, 1.807) is 0 Å². The van der Waals surface area contributed by atoms with E-state index in [0.717, 1.165) is 6.07 Å². The van der Waals surface area contributed by atoms with Crippen molar-refractivity contribution in [2.75, 3.05) is 5.73 Å². The minimum atomic E-state index is -3.78. The van der Waals surface area contributed by atoms with Crippen molar-refractivity contribution in [3.63, 3.8) is 0 Å². The van der Waals surface area contributed by atoms with Crippen molar-refractivity contribution in [2.45, 2.75) is 38.1 Å². The second kappa shape index (κ2) is 5.67. The van der Waals surface area contributed by atoms with Crippen LogP contribution in [-0.4, -0.2) is 14.5 Å². The third-order valence-electron chi connectivity index (χ3n) is 2.85. The van der Waals surface area contributed by atoms with E-state index in [2.05, 4.69) is 4.72 Å². The number of sulfonamides is 1. The Hall–Kier alpha value is -1.14. The zero-order valence-electron chi connectivity index (χ0n) is 10.8. The monoisotopic (exact) mass is 274 g/mol. The van der Waals surface area contributed by atoms with E-state index in [4.69, 9.17) is 5.73 Å². The van der Waals surface area contributed by atoms with Crippen LogP contribution in [0.3, 0.4) is 0 Å². The van der Waals surface area contributed by atoms with E-state index in [1.165, 1.54) is 12.1 Å². The standard InChI is InChI=1S/C12H19FN2O2S/c1-4-10(8(2)3)15-18(16,17)11-7-5-6-9(13)12(11)14/h5-8,10,15H,4,14H2,1-3H3. The third-order valence-corrected chi connectivity index (χ3v) is 4.40. The molecule has 1 aromatic carbocycles. The van der Waals surface area contributed by atoms with E-state index in [1.807, 2.05) is 20.8 Å². The zero-order valence-corrected chi connectivity index (χ0v) is 11.6. The van der Waals surface area contributed by atoms with Crippen molar-refractivity contribution in [1.29, 1.82) is 0 Å². The molecule has 102 valence electrons. The van der Waals surface area contributed by atoms with Crippen LogP contribution in [0.1, 0.15) is 27.2 Å². The number of para-hydroxylation sites is 1. The van der Waals surface area contributed by atoms with Crippen LogP contribution in [0, 0.1) is 11.7 Å². The summed E-state index contributed by atoms with van der Waals surface area (Å²) in [6, 6.07) is 3.57. The molecule has 0 saturated carbocycles. The SMILES string of the molecule is CCC(NS(=O)(=O)c1cccc(F)c1N)C(C)C. The van der Waals surface area contributed by atoms with Gasteiger partial charge < -0.3 is 5.73 Å². The number of hydrogen-bond acceptors (Lipinski definition) is 3. The highest BCUT2D eigenvalue weighted by Gasteiger charge is 2.24. The Labute approximate surface area is 107 Å². The average Bonchev–Trinajstić information content (AvgIpc) is 2.29. The Kier molecular flexibility index (Phi) is 4.70. The molecule has 0 aliphatic heterocycles. The zero-order chi connectivity index (χ0) is 13.9. The van der Waals surface area contributed by atoms with E-state index in [0.29, 0.717) is 6.42 Å². The van der Waals surface area contributed by atoms with Gasteiger partial charge in [-0.05, 0) is 24.5 Å². The molecule has 0 aromatic heterocycles. The molecule has 1 atom stereocenters. The summed E-state index contributed by atoms with van der Waals surface area (Å²) in [6.45, 7) is 5.74. The Bertz CT molecular complexity index is 515. The van der Waals surface area contributed by atoms with Gasteiger partial charge in [0, 0.05) is 6.04 Å². The van der Waals surface area contributed by atoms with Crippen LogP contribution in [0.2, 0.25) is 0 Å². The van der Waals surface area contributed by atoms with Crippen LogP contribution in [-0.2, 0) is 10.0 Å². The first-order valence-corrected chi connectivity index (χ1v) is 7.34. The number of hydrogen-bond donors (Lipinski definition) is 2. The normalized spacial score (nSPS) is 13.8. The van der Waals surface area contributed by atoms with Gasteiger partial charge in [-0.1, -0.05) is 26.8 Å². The lowest BCUT2D eigenvalue weighted by Gasteiger charge is -2.21. The maximum Gasteiger partial charge on any atom is 0.242 e. The maximum atomic E-state index is 13.3. The van der Waals surface area contributed by atoms with Gasteiger partial charge in [-0.3, -0.25) is 0 Å². The smallest absolute Gasteiger partial charge is 0.242 e. The number of nitrogens with two attached hydrogens (primary N) is 1. The van der Waals surface area contributed by atoms with Crippen LogP contribution >= 0.6 is 0 Å². The van der Waals surface area contributed by atoms with Gasteiger partial charge in [-0.25, -0.2) is 17.5 Å². The number of nitrogen functional groups attached to an aromatic ring is 1. The van der Waals surface area contributed by atoms with Crippen LogP contribution in [0.15, 0.2) is 23.1 Å². The molecular weight excluding hydrogens is 255 g/mol. The van der Waals surface area contributed by atoms with Gasteiger partial charge in [-0.15, -0.1) is 0 Å². The predicted octanol–water partition coefficient (Wildman–Crippen LogP) is 2.12. The van der Waals surface area contributed by atoms with Crippen molar-refractivity contribution in [3.8, 4) is 0 Å². The number of benzene rings is 1. The summed E-state index contributed by atoms with van der Waals surface area (Å²) in [7, 11) is -3.78. The Morgan fingerprint density at radius 1 is 1.39 bits per heavy atom. The quantitative estimate of drug-likeness (QED) is 0.808. The van der Waals surface area contributed by atoms with Gasteiger partial charge in [0.25, 0.3) is 0 Å². The first-order valence-electron chi connectivity index (χ1n) is 5.86. The molecule has 18 heavy (non-hydrogen) atoms. The predicted molar refractivity (Wildman–Crippen MR) is 70.1 cm³/mol. The fraction of sp³-hybridized carbons (Fsp3) is 0.500. The summed E-state index contributed by atoms with van der Waals surface area (Å²) in [6.07, 6.45) is 0.659. The Morgan fingerprint density at radius 2 is 2.00 bits per heavy atom. The molecule has 1 unspecified atom stereocenters. The fourth-order valence-electron chi connectivity index (χ4n) is 1.71. The van der Waals surface area contributed by atoms with Crippen molar-refractivity contribution >= 4 is 15.7 Å². The van der Waals surface area contributed by atoms with Crippen LogP contribution in [0.25, 0.3) is 0 Å². The lowest BCUT2D eigenvalue weighted by molar-refractivity contribution is 0.437. The van der Waals surface area contributed by atoms with Gasteiger partial charge in [0.15, 0.2) is 0 Å². The summed E-state index contributed by atoms with van der Waals surface area (Å²) in [5.41, 5.74) is 5.12. The highest BCUT2D eigenvalue weighted by Crippen LogP contribution is 2.22. The number of rotatable bonds is 5. The van der Waals surface area contributed by atoms with Gasteiger partial charge in [0.2, 0.25) is 10.0 Å². The second-order valence-electron chi connectivity index (χ2n) is 4.53. The van der Waals surface area contributed by atoms with E-state index < -0.39 is 15.8 Å². The van der Waals surface area contributed by atoms with Gasteiger partial charge in [0.05, 0.1) is 5.69 Å². The Morgan fingerprint density at radius 3 is 2.50 bits per heavy atom. The van der Waals surface area contributed by atoms with Crippen molar-refractivity contribution in [2.24, 2.45) is 5.92 Å². The fourth-order valence-corrected chi connectivity index (χ4v) is 3.31. The summed E-state index contributed by atoms with van der Waals surface area (Å²) in [4.78, 5) is -0.207. The van der Waals surface area contributed by atoms with Crippen molar-refractivity contribution in [3.05, 3.63) is 24.0 Å².